The van der Waals surface area contributed by atoms with Gasteiger partial charge in [0.1, 0.15) is 6.54 Å². The van der Waals surface area contributed by atoms with Crippen LogP contribution in [0.15, 0.2) is 16.8 Å². The van der Waals surface area contributed by atoms with E-state index in [1.54, 1.807) is 16.3 Å². The average molecular weight is 364 g/mol. The van der Waals surface area contributed by atoms with Gasteiger partial charge in [-0.1, -0.05) is 0 Å². The molecular formula is C16H20N4O4S. The molecule has 3 rings (SSSR count). The van der Waals surface area contributed by atoms with Gasteiger partial charge < -0.3 is 15.5 Å². The maximum Gasteiger partial charge on any atom is 0.325 e. The second-order valence-corrected chi connectivity index (χ2v) is 6.99. The highest BCUT2D eigenvalue weighted by atomic mass is 32.1. The largest absolute Gasteiger partial charge is 0.352 e. The van der Waals surface area contributed by atoms with E-state index in [2.05, 4.69) is 10.6 Å². The van der Waals surface area contributed by atoms with Crippen molar-refractivity contribution in [2.45, 2.75) is 12.8 Å². The van der Waals surface area contributed by atoms with E-state index in [0.717, 1.165) is 17.7 Å². The zero-order valence-electron chi connectivity index (χ0n) is 13.7. The highest BCUT2D eigenvalue weighted by Gasteiger charge is 2.33. The van der Waals surface area contributed by atoms with Crippen molar-refractivity contribution in [1.29, 1.82) is 0 Å². The van der Waals surface area contributed by atoms with Crippen LogP contribution in [0.5, 0.6) is 0 Å². The van der Waals surface area contributed by atoms with Gasteiger partial charge in [0.05, 0.1) is 6.54 Å². The smallest absolute Gasteiger partial charge is 0.325 e. The lowest BCUT2D eigenvalue weighted by molar-refractivity contribution is -0.137. The molecular weight excluding hydrogens is 344 g/mol. The molecule has 1 unspecified atom stereocenters. The number of hydrogen-bond acceptors (Lipinski definition) is 5. The third-order valence-electron chi connectivity index (χ3n) is 4.44. The number of thiophene rings is 1. The molecule has 8 nitrogen and oxygen atoms in total. The standard InChI is InChI=1S/C16H20N4O4S/c21-13-7-18-16(24)20(13)9-14(22)19-4-1-2-11(8-19)6-17-15(23)12-3-5-25-10-12/h3,5,10-11H,1-2,4,6-9H2,(H,17,23)(H,18,24). The summed E-state index contributed by atoms with van der Waals surface area (Å²) in [6.45, 7) is 1.35. The Kier molecular flexibility index (Phi) is 5.32. The van der Waals surface area contributed by atoms with Gasteiger partial charge in [-0.2, -0.15) is 11.3 Å². The molecule has 2 N–H and O–H groups in total. The van der Waals surface area contributed by atoms with Gasteiger partial charge in [0.15, 0.2) is 0 Å². The number of rotatable bonds is 5. The fourth-order valence-electron chi connectivity index (χ4n) is 3.04. The van der Waals surface area contributed by atoms with Crippen LogP contribution in [0.25, 0.3) is 0 Å². The second-order valence-electron chi connectivity index (χ2n) is 6.21. The van der Waals surface area contributed by atoms with Gasteiger partial charge in [-0.25, -0.2) is 4.79 Å². The molecule has 2 aliphatic rings. The predicted octanol–water partition coefficient (Wildman–Crippen LogP) is 0.268. The third kappa shape index (κ3) is 4.16. The minimum atomic E-state index is -0.519. The Hall–Kier alpha value is -2.42. The number of carbonyl (C=O) groups excluding carboxylic acids is 4. The summed E-state index contributed by atoms with van der Waals surface area (Å²) in [4.78, 5) is 50.1. The Morgan fingerprint density at radius 2 is 2.20 bits per heavy atom. The van der Waals surface area contributed by atoms with Crippen molar-refractivity contribution in [1.82, 2.24) is 20.4 Å². The summed E-state index contributed by atoms with van der Waals surface area (Å²) in [6, 6.07) is 1.25. The van der Waals surface area contributed by atoms with Gasteiger partial charge in [0.2, 0.25) is 5.91 Å². The van der Waals surface area contributed by atoms with Crippen molar-refractivity contribution >= 4 is 35.1 Å². The number of carbonyl (C=O) groups is 4. The van der Waals surface area contributed by atoms with Crippen LogP contribution in [0.1, 0.15) is 23.2 Å². The molecule has 9 heteroatoms. The lowest BCUT2D eigenvalue weighted by Gasteiger charge is -2.33. The highest BCUT2D eigenvalue weighted by molar-refractivity contribution is 7.08. The fraction of sp³-hybridized carbons (Fsp3) is 0.500. The number of hydrogen-bond donors (Lipinski definition) is 2. The van der Waals surface area contributed by atoms with E-state index in [1.165, 1.54) is 11.3 Å². The molecule has 134 valence electrons. The number of urea groups is 1. The van der Waals surface area contributed by atoms with Gasteiger partial charge in [0, 0.05) is 30.6 Å². The molecule has 0 spiro atoms. The molecule has 0 aliphatic carbocycles. The van der Waals surface area contributed by atoms with Crippen LogP contribution in [-0.2, 0) is 9.59 Å². The van der Waals surface area contributed by atoms with Crippen molar-refractivity contribution < 1.29 is 19.2 Å². The number of piperidine rings is 1. The Morgan fingerprint density at radius 3 is 2.88 bits per heavy atom. The Morgan fingerprint density at radius 1 is 1.36 bits per heavy atom. The Labute approximate surface area is 149 Å². The second kappa shape index (κ2) is 7.64. The van der Waals surface area contributed by atoms with E-state index >= 15 is 0 Å². The first-order chi connectivity index (χ1) is 12.0. The number of nitrogens with one attached hydrogen (secondary N) is 2. The maximum atomic E-state index is 12.4. The molecule has 2 saturated heterocycles. The van der Waals surface area contributed by atoms with Crippen molar-refractivity contribution in [2.24, 2.45) is 5.92 Å². The molecule has 2 aliphatic heterocycles. The normalized spacial score (nSPS) is 20.6. The van der Waals surface area contributed by atoms with Crippen LogP contribution in [0.3, 0.4) is 0 Å². The van der Waals surface area contributed by atoms with Crippen molar-refractivity contribution in [3.63, 3.8) is 0 Å². The van der Waals surface area contributed by atoms with Crippen LogP contribution < -0.4 is 10.6 Å². The molecule has 0 radical (unpaired) electrons. The van der Waals surface area contributed by atoms with Crippen LogP contribution >= 0.6 is 11.3 Å². The first kappa shape index (κ1) is 17.4. The van der Waals surface area contributed by atoms with Gasteiger partial charge in [-0.15, -0.1) is 0 Å². The lowest BCUT2D eigenvalue weighted by atomic mass is 9.97. The number of likely N-dealkylation sites (tertiary alicyclic amines) is 1. The minimum Gasteiger partial charge on any atom is -0.352 e. The molecule has 3 heterocycles. The zero-order chi connectivity index (χ0) is 17.8. The SMILES string of the molecule is O=C(NCC1CCCN(C(=O)CN2C(=O)CNC2=O)C1)c1ccsc1. The number of imide groups is 1. The summed E-state index contributed by atoms with van der Waals surface area (Å²) in [6.07, 6.45) is 1.77. The molecule has 25 heavy (non-hydrogen) atoms. The molecule has 1 atom stereocenters. The summed E-state index contributed by atoms with van der Waals surface area (Å²) >= 11 is 1.47. The summed E-state index contributed by atoms with van der Waals surface area (Å²) in [5.74, 6) is -0.554. The van der Waals surface area contributed by atoms with E-state index in [9.17, 15) is 19.2 Å². The van der Waals surface area contributed by atoms with Crippen LogP contribution in [0, 0.1) is 5.92 Å². The van der Waals surface area contributed by atoms with Crippen molar-refractivity contribution in [2.75, 3.05) is 32.7 Å². The van der Waals surface area contributed by atoms with E-state index in [0.29, 0.717) is 25.2 Å². The number of nitrogens with zero attached hydrogens (tertiary/aromatic N) is 2. The quantitative estimate of drug-likeness (QED) is 0.733. The highest BCUT2D eigenvalue weighted by Crippen LogP contribution is 2.17. The summed E-state index contributed by atoms with van der Waals surface area (Å²) in [5.41, 5.74) is 0.646. The van der Waals surface area contributed by atoms with Gasteiger partial charge in [-0.05, 0) is 30.2 Å². The van der Waals surface area contributed by atoms with E-state index in [1.807, 2.05) is 5.38 Å². The molecule has 5 amide bonds. The third-order valence-corrected chi connectivity index (χ3v) is 5.12. The molecule has 2 fully saturated rings. The number of amides is 5. The predicted molar refractivity (Wildman–Crippen MR) is 91.1 cm³/mol. The van der Waals surface area contributed by atoms with E-state index in [4.69, 9.17) is 0 Å². The first-order valence-corrected chi connectivity index (χ1v) is 9.15. The fourth-order valence-corrected chi connectivity index (χ4v) is 3.68. The lowest BCUT2D eigenvalue weighted by Crippen LogP contribution is -2.48. The molecule has 1 aromatic heterocycles. The van der Waals surface area contributed by atoms with Crippen molar-refractivity contribution in [3.8, 4) is 0 Å². The summed E-state index contributed by atoms with van der Waals surface area (Å²) in [7, 11) is 0. The first-order valence-electron chi connectivity index (χ1n) is 8.21. The van der Waals surface area contributed by atoms with E-state index < -0.39 is 6.03 Å². The summed E-state index contributed by atoms with van der Waals surface area (Å²) in [5, 5.41) is 8.95. The molecule has 0 aromatic carbocycles. The van der Waals surface area contributed by atoms with Gasteiger partial charge >= 0.3 is 6.03 Å². The topological polar surface area (TPSA) is 98.8 Å². The average Bonchev–Trinajstić information content (AvgIpc) is 3.26. The van der Waals surface area contributed by atoms with Gasteiger partial charge in [-0.3, -0.25) is 19.3 Å². The maximum absolute atomic E-state index is 12.4. The molecule has 0 saturated carbocycles. The van der Waals surface area contributed by atoms with Crippen LogP contribution in [0.2, 0.25) is 0 Å². The molecule has 0 bridgehead atoms. The van der Waals surface area contributed by atoms with Gasteiger partial charge in [0.25, 0.3) is 11.8 Å². The zero-order valence-corrected chi connectivity index (χ0v) is 14.5. The van der Waals surface area contributed by atoms with E-state index in [-0.39, 0.29) is 36.7 Å². The monoisotopic (exact) mass is 364 g/mol. The summed E-state index contributed by atoms with van der Waals surface area (Å²) < 4.78 is 0. The van der Waals surface area contributed by atoms with Crippen LogP contribution in [0.4, 0.5) is 4.79 Å². The molecule has 1 aromatic rings. The Bertz CT molecular complexity index is 660. The van der Waals surface area contributed by atoms with Crippen molar-refractivity contribution in [3.05, 3.63) is 22.4 Å². The van der Waals surface area contributed by atoms with Crippen LogP contribution in [-0.4, -0.2) is 66.3 Å². The minimum absolute atomic E-state index is 0.0522. The Balaban J connectivity index is 1.49.